The molecule has 7 heteroatoms. The fourth-order valence-corrected chi connectivity index (χ4v) is 8.38. The molecule has 0 radical (unpaired) electrons. The molecule has 1 unspecified atom stereocenters. The third kappa shape index (κ3) is 4.77. The van der Waals surface area contributed by atoms with Crippen LogP contribution in [0.3, 0.4) is 0 Å². The molecule has 1 atom stereocenters. The molecule has 49 heavy (non-hydrogen) atoms. The Morgan fingerprint density at radius 1 is 0.816 bits per heavy atom. The van der Waals surface area contributed by atoms with Crippen molar-refractivity contribution >= 4 is 22.5 Å². The highest BCUT2D eigenvalue weighted by molar-refractivity contribution is 6.09. The molecule has 1 aliphatic carbocycles. The van der Waals surface area contributed by atoms with Gasteiger partial charge in [0.15, 0.2) is 5.60 Å². The van der Waals surface area contributed by atoms with Gasteiger partial charge in [-0.2, -0.15) is 13.2 Å². The number of rotatable bonds is 6. The van der Waals surface area contributed by atoms with Crippen molar-refractivity contribution in [3.05, 3.63) is 130 Å². The zero-order chi connectivity index (χ0) is 34.0. The average Bonchev–Trinajstić information content (AvgIpc) is 3.45. The first-order chi connectivity index (χ1) is 23.7. The molecule has 0 spiro atoms. The first-order valence-electron chi connectivity index (χ1n) is 17.0. The van der Waals surface area contributed by atoms with Gasteiger partial charge in [0, 0.05) is 46.3 Å². The van der Waals surface area contributed by atoms with Gasteiger partial charge in [-0.05, 0) is 89.0 Å². The quantitative estimate of drug-likeness (QED) is 0.181. The van der Waals surface area contributed by atoms with Crippen LogP contribution in [-0.2, 0) is 21.9 Å². The van der Waals surface area contributed by atoms with Crippen LogP contribution < -0.4 is 14.4 Å². The summed E-state index contributed by atoms with van der Waals surface area (Å²) >= 11 is 0. The molecule has 250 valence electrons. The minimum Gasteiger partial charge on any atom is -0.497 e. The highest BCUT2D eigenvalue weighted by Gasteiger charge is 2.48. The fourth-order valence-electron chi connectivity index (χ4n) is 8.38. The van der Waals surface area contributed by atoms with E-state index >= 15 is 0 Å². The van der Waals surface area contributed by atoms with E-state index in [0.717, 1.165) is 68.5 Å². The molecule has 5 aromatic carbocycles. The third-order valence-corrected chi connectivity index (χ3v) is 10.9. The number of nitrogens with zero attached hydrogens (tertiary/aromatic N) is 1. The Morgan fingerprint density at radius 2 is 1.53 bits per heavy atom. The topological polar surface area (TPSA) is 30.9 Å². The number of benzene rings is 5. The van der Waals surface area contributed by atoms with Crippen LogP contribution in [-0.4, -0.2) is 33.4 Å². The summed E-state index contributed by atoms with van der Waals surface area (Å²) in [6.45, 7) is 7.25. The Bertz CT molecular complexity index is 2080. The first kappa shape index (κ1) is 31.5. The second-order valence-corrected chi connectivity index (χ2v) is 13.1. The number of halogens is 3. The van der Waals surface area contributed by atoms with E-state index < -0.39 is 22.8 Å². The summed E-state index contributed by atoms with van der Waals surface area (Å²) in [6, 6.07) is 29.0. The molecule has 0 bridgehead atoms. The van der Waals surface area contributed by atoms with E-state index in [1.165, 1.54) is 12.1 Å². The summed E-state index contributed by atoms with van der Waals surface area (Å²) in [7, 11) is 1.64. The first-order valence-corrected chi connectivity index (χ1v) is 17.0. The van der Waals surface area contributed by atoms with Crippen LogP contribution in [0.4, 0.5) is 18.9 Å². The third-order valence-electron chi connectivity index (χ3n) is 10.9. The molecule has 4 nitrogen and oxygen atoms in total. The molecule has 3 aliphatic rings. The minimum absolute atomic E-state index is 0.624. The van der Waals surface area contributed by atoms with E-state index in [1.807, 2.05) is 36.4 Å². The van der Waals surface area contributed by atoms with Crippen LogP contribution in [0.2, 0.25) is 0 Å². The molecule has 0 saturated carbocycles. The zero-order valence-corrected chi connectivity index (χ0v) is 27.9. The molecule has 2 heterocycles. The predicted octanol–water partition coefficient (Wildman–Crippen LogP) is 10.1. The summed E-state index contributed by atoms with van der Waals surface area (Å²) in [6.07, 6.45) is 1.11. The predicted molar refractivity (Wildman–Crippen MR) is 189 cm³/mol. The monoisotopic (exact) mass is 661 g/mol. The van der Waals surface area contributed by atoms with E-state index in [2.05, 4.69) is 67.3 Å². The van der Waals surface area contributed by atoms with Gasteiger partial charge in [-0.3, -0.25) is 0 Å². The average molecular weight is 662 g/mol. The van der Waals surface area contributed by atoms with Crippen molar-refractivity contribution in [3.8, 4) is 22.6 Å². The molecule has 1 saturated heterocycles. The van der Waals surface area contributed by atoms with Gasteiger partial charge >= 0.3 is 6.18 Å². The lowest BCUT2D eigenvalue weighted by molar-refractivity contribution is -0.137. The molecular formula is C42H38F3NO3. The number of methoxy groups -OCH3 is 1. The lowest BCUT2D eigenvalue weighted by Crippen LogP contribution is -2.37. The summed E-state index contributed by atoms with van der Waals surface area (Å²) < 4.78 is 61.1. The second kappa shape index (κ2) is 11.7. The Kier molecular flexibility index (Phi) is 7.52. The van der Waals surface area contributed by atoms with Crippen molar-refractivity contribution < 1.29 is 27.4 Å². The SMILES string of the molecule is CCC1(CC)c2cc(C(F)(F)F)ccc2-c2c1c1c(c3cc(OC)ccc23)OC(c2ccccc2)(c2ccc(N3CCOCC3)cc2)C=C1. The number of ether oxygens (including phenoxy) is 3. The highest BCUT2D eigenvalue weighted by atomic mass is 19.4. The van der Waals surface area contributed by atoms with E-state index in [4.69, 9.17) is 14.2 Å². The van der Waals surface area contributed by atoms with Crippen LogP contribution in [0.1, 0.15) is 60.1 Å². The van der Waals surface area contributed by atoms with Gasteiger partial charge in [-0.25, -0.2) is 0 Å². The van der Waals surface area contributed by atoms with Gasteiger partial charge in [0.05, 0.1) is 25.9 Å². The lowest BCUT2D eigenvalue weighted by Gasteiger charge is -2.39. The van der Waals surface area contributed by atoms with Gasteiger partial charge < -0.3 is 19.1 Å². The standard InChI is InChI=1S/C42H38F3NO3/c1-4-40(5-2)36-25-29(42(43,44)45)13-17-33(36)37-32-18-16-31(47-3)26-35(32)39-34(38(37)40)19-20-41(49-39,27-9-7-6-8-10-27)28-11-14-30(15-12-28)46-21-23-48-24-22-46/h6-20,25-26H,4-5,21-24H2,1-3H3. The normalized spacial score (nSPS) is 19.3. The molecule has 5 aromatic rings. The van der Waals surface area contributed by atoms with Crippen molar-refractivity contribution in [2.75, 3.05) is 38.3 Å². The van der Waals surface area contributed by atoms with Crippen LogP contribution in [0.5, 0.6) is 11.5 Å². The maximum atomic E-state index is 14.1. The van der Waals surface area contributed by atoms with E-state index in [0.29, 0.717) is 37.6 Å². The maximum Gasteiger partial charge on any atom is 0.416 e. The number of hydrogen-bond acceptors (Lipinski definition) is 4. The van der Waals surface area contributed by atoms with Gasteiger partial charge in [-0.1, -0.05) is 68.5 Å². The molecular weight excluding hydrogens is 623 g/mol. The van der Waals surface area contributed by atoms with Crippen molar-refractivity contribution in [2.24, 2.45) is 0 Å². The van der Waals surface area contributed by atoms with Crippen LogP contribution in [0.25, 0.3) is 28.0 Å². The Morgan fingerprint density at radius 3 is 2.20 bits per heavy atom. The van der Waals surface area contributed by atoms with Crippen LogP contribution in [0.15, 0.2) is 97.1 Å². The Hall–Kier alpha value is -4.75. The lowest BCUT2D eigenvalue weighted by atomic mass is 9.71. The van der Waals surface area contributed by atoms with Crippen molar-refractivity contribution in [1.29, 1.82) is 0 Å². The van der Waals surface area contributed by atoms with E-state index in [-0.39, 0.29) is 0 Å². The van der Waals surface area contributed by atoms with Gasteiger partial charge in [-0.15, -0.1) is 0 Å². The summed E-state index contributed by atoms with van der Waals surface area (Å²) in [4.78, 5) is 2.33. The Labute approximate surface area is 284 Å². The summed E-state index contributed by atoms with van der Waals surface area (Å²) in [5.74, 6) is 1.38. The number of anilines is 1. The molecule has 8 rings (SSSR count). The number of fused-ring (bicyclic) bond motifs is 8. The largest absolute Gasteiger partial charge is 0.497 e. The van der Waals surface area contributed by atoms with Gasteiger partial charge in [0.2, 0.25) is 0 Å². The maximum absolute atomic E-state index is 14.1. The number of alkyl halides is 3. The highest BCUT2D eigenvalue weighted by Crippen LogP contribution is 2.61. The number of hydrogen-bond donors (Lipinski definition) is 0. The molecule has 0 amide bonds. The Balaban J connectivity index is 1.39. The molecule has 0 N–H and O–H groups in total. The van der Waals surface area contributed by atoms with Gasteiger partial charge in [0.1, 0.15) is 11.5 Å². The molecule has 1 fully saturated rings. The minimum atomic E-state index is -4.44. The fraction of sp³-hybridized carbons (Fsp3) is 0.286. The van der Waals surface area contributed by atoms with Crippen LogP contribution in [0, 0.1) is 0 Å². The van der Waals surface area contributed by atoms with Crippen molar-refractivity contribution in [2.45, 2.75) is 43.9 Å². The second-order valence-electron chi connectivity index (χ2n) is 13.1. The molecule has 0 aromatic heterocycles. The van der Waals surface area contributed by atoms with Crippen molar-refractivity contribution in [3.63, 3.8) is 0 Å². The van der Waals surface area contributed by atoms with Gasteiger partial charge in [0.25, 0.3) is 0 Å². The summed E-state index contributed by atoms with van der Waals surface area (Å²) in [5.41, 5.74) is 5.34. The number of morpholine rings is 1. The van der Waals surface area contributed by atoms with E-state index in [9.17, 15) is 13.2 Å². The zero-order valence-electron chi connectivity index (χ0n) is 27.9. The van der Waals surface area contributed by atoms with E-state index in [1.54, 1.807) is 13.2 Å². The summed E-state index contributed by atoms with van der Waals surface area (Å²) in [5, 5.41) is 1.79. The molecule has 2 aliphatic heterocycles. The smallest absolute Gasteiger partial charge is 0.416 e. The van der Waals surface area contributed by atoms with Crippen molar-refractivity contribution in [1.82, 2.24) is 0 Å². The van der Waals surface area contributed by atoms with Crippen LogP contribution >= 0.6 is 0 Å².